The van der Waals surface area contributed by atoms with Crippen molar-refractivity contribution in [3.8, 4) is 11.3 Å². The molecule has 1 saturated heterocycles. The second-order valence-corrected chi connectivity index (χ2v) is 6.78. The van der Waals surface area contributed by atoms with Crippen molar-refractivity contribution >= 4 is 21.5 Å². The molecule has 124 valence electrons. The Morgan fingerprint density at radius 3 is 2.64 bits per heavy atom. The summed E-state index contributed by atoms with van der Waals surface area (Å²) in [6.45, 7) is 3.27. The predicted octanol–water partition coefficient (Wildman–Crippen LogP) is 3.88. The number of pyridine rings is 1. The van der Waals surface area contributed by atoms with E-state index in [0.717, 1.165) is 47.1 Å². The summed E-state index contributed by atoms with van der Waals surface area (Å²) in [6, 6.07) is 14.7. The van der Waals surface area contributed by atoms with Crippen molar-refractivity contribution in [2.45, 2.75) is 13.0 Å². The maximum Gasteiger partial charge on any atom is 0.256 e. The quantitative estimate of drug-likeness (QED) is 0.560. The fourth-order valence-corrected chi connectivity index (χ4v) is 3.78. The van der Waals surface area contributed by atoms with E-state index in [9.17, 15) is 4.79 Å². The summed E-state index contributed by atoms with van der Waals surface area (Å²) in [5.74, 6) is 0. The number of aromatic nitrogens is 2. The lowest BCUT2D eigenvalue weighted by molar-refractivity contribution is 0.173. The number of fused-ring (bicyclic) bond motifs is 3. The number of hydrogen-bond donors (Lipinski definition) is 2. The molecule has 0 saturated carbocycles. The van der Waals surface area contributed by atoms with Crippen molar-refractivity contribution in [1.29, 1.82) is 0 Å². The fraction of sp³-hybridized carbons (Fsp3) is 0.190. The Morgan fingerprint density at radius 2 is 1.88 bits per heavy atom. The summed E-state index contributed by atoms with van der Waals surface area (Å²) in [6.07, 6.45) is 4.94. The topological polar surface area (TPSA) is 51.9 Å². The van der Waals surface area contributed by atoms with E-state index >= 15 is 0 Å². The van der Waals surface area contributed by atoms with Crippen LogP contribution in [-0.4, -0.2) is 28.0 Å². The molecule has 0 amide bonds. The van der Waals surface area contributed by atoms with Gasteiger partial charge in [0, 0.05) is 24.6 Å². The van der Waals surface area contributed by atoms with Gasteiger partial charge in [0.2, 0.25) is 0 Å². The summed E-state index contributed by atoms with van der Waals surface area (Å²) in [5.41, 5.74) is 3.44. The molecule has 1 aliphatic heterocycles. The van der Waals surface area contributed by atoms with E-state index in [1.54, 1.807) is 6.20 Å². The zero-order valence-corrected chi connectivity index (χ0v) is 13.9. The van der Waals surface area contributed by atoms with Crippen molar-refractivity contribution in [2.24, 2.45) is 0 Å². The Bertz CT molecular complexity index is 1120. The Hall–Kier alpha value is -2.85. The maximum atomic E-state index is 12.5. The SMILES string of the molecule is O=c1[nH]ccc2cc(CN3CCC3)c3ccc(-c4ccc[nH]4)cc3c12. The minimum Gasteiger partial charge on any atom is -0.361 e. The minimum absolute atomic E-state index is 0.0263. The van der Waals surface area contributed by atoms with Crippen LogP contribution in [0.3, 0.4) is 0 Å². The van der Waals surface area contributed by atoms with Crippen LogP contribution in [0.5, 0.6) is 0 Å². The molecule has 4 nitrogen and oxygen atoms in total. The van der Waals surface area contributed by atoms with E-state index in [2.05, 4.69) is 45.2 Å². The number of rotatable bonds is 3. The van der Waals surface area contributed by atoms with Crippen LogP contribution in [0.15, 0.2) is 59.7 Å². The molecule has 1 aliphatic rings. The third kappa shape index (κ3) is 2.37. The van der Waals surface area contributed by atoms with Gasteiger partial charge in [0.05, 0.1) is 5.39 Å². The standard InChI is InChI=1S/C21H19N3O/c25-21-20-15(6-8-23-21)11-16(13-24-9-2-10-24)17-5-4-14(12-18(17)20)19-3-1-7-22-19/h1,3-8,11-12,22H,2,9-10,13H2,(H,23,25). The van der Waals surface area contributed by atoms with Gasteiger partial charge < -0.3 is 9.97 Å². The highest BCUT2D eigenvalue weighted by atomic mass is 16.1. The monoisotopic (exact) mass is 329 g/mol. The highest BCUT2D eigenvalue weighted by Gasteiger charge is 2.17. The van der Waals surface area contributed by atoms with E-state index in [4.69, 9.17) is 0 Å². The second-order valence-electron chi connectivity index (χ2n) is 6.78. The van der Waals surface area contributed by atoms with E-state index in [1.165, 1.54) is 17.4 Å². The van der Waals surface area contributed by atoms with Gasteiger partial charge in [-0.15, -0.1) is 0 Å². The van der Waals surface area contributed by atoms with Crippen LogP contribution in [0.2, 0.25) is 0 Å². The molecule has 4 aromatic rings. The molecule has 2 N–H and O–H groups in total. The number of benzene rings is 2. The van der Waals surface area contributed by atoms with Gasteiger partial charge in [-0.05, 0) is 77.1 Å². The Labute approximate surface area is 145 Å². The molecule has 0 aliphatic carbocycles. The van der Waals surface area contributed by atoms with Gasteiger partial charge in [-0.1, -0.05) is 12.1 Å². The molecular formula is C21H19N3O. The van der Waals surface area contributed by atoms with Gasteiger partial charge in [0.25, 0.3) is 5.56 Å². The van der Waals surface area contributed by atoms with Crippen molar-refractivity contribution in [3.63, 3.8) is 0 Å². The van der Waals surface area contributed by atoms with Crippen molar-refractivity contribution in [3.05, 3.63) is 70.8 Å². The van der Waals surface area contributed by atoms with Gasteiger partial charge in [0.1, 0.15) is 0 Å². The third-order valence-electron chi connectivity index (χ3n) is 5.21. The van der Waals surface area contributed by atoms with Crippen LogP contribution in [0.1, 0.15) is 12.0 Å². The largest absolute Gasteiger partial charge is 0.361 e. The summed E-state index contributed by atoms with van der Waals surface area (Å²) in [7, 11) is 0. The first kappa shape index (κ1) is 14.5. The normalized spacial score (nSPS) is 14.9. The molecule has 0 unspecified atom stereocenters. The number of nitrogens with zero attached hydrogens (tertiary/aromatic N) is 1. The van der Waals surface area contributed by atoms with Gasteiger partial charge in [-0.25, -0.2) is 0 Å². The number of nitrogens with one attached hydrogen (secondary N) is 2. The summed E-state index contributed by atoms with van der Waals surface area (Å²) in [5, 5.41) is 3.99. The molecule has 25 heavy (non-hydrogen) atoms. The smallest absolute Gasteiger partial charge is 0.256 e. The van der Waals surface area contributed by atoms with E-state index < -0.39 is 0 Å². The third-order valence-corrected chi connectivity index (χ3v) is 5.21. The highest BCUT2D eigenvalue weighted by molar-refractivity contribution is 6.09. The van der Waals surface area contributed by atoms with Crippen molar-refractivity contribution in [1.82, 2.24) is 14.9 Å². The Kier molecular flexibility index (Phi) is 3.25. The van der Waals surface area contributed by atoms with Crippen LogP contribution >= 0.6 is 0 Å². The highest BCUT2D eigenvalue weighted by Crippen LogP contribution is 2.31. The van der Waals surface area contributed by atoms with Gasteiger partial charge in [0.15, 0.2) is 0 Å². The maximum absolute atomic E-state index is 12.5. The molecule has 0 atom stereocenters. The minimum atomic E-state index is -0.0263. The van der Waals surface area contributed by atoms with E-state index in [0.29, 0.717) is 0 Å². The lowest BCUT2D eigenvalue weighted by Crippen LogP contribution is -2.36. The average Bonchev–Trinajstić information content (AvgIpc) is 3.12. The molecule has 0 radical (unpaired) electrons. The first-order valence-corrected chi connectivity index (χ1v) is 8.73. The number of hydrogen-bond acceptors (Lipinski definition) is 2. The average molecular weight is 329 g/mol. The molecule has 0 bridgehead atoms. The van der Waals surface area contributed by atoms with Crippen molar-refractivity contribution in [2.75, 3.05) is 13.1 Å². The van der Waals surface area contributed by atoms with Gasteiger partial charge in [-0.2, -0.15) is 0 Å². The molecular weight excluding hydrogens is 310 g/mol. The number of H-pyrrole nitrogens is 2. The Balaban J connectivity index is 1.81. The molecule has 1 fully saturated rings. The lowest BCUT2D eigenvalue weighted by Gasteiger charge is -2.31. The summed E-state index contributed by atoms with van der Waals surface area (Å²) < 4.78 is 0. The Morgan fingerprint density at radius 1 is 0.960 bits per heavy atom. The zero-order chi connectivity index (χ0) is 16.8. The van der Waals surface area contributed by atoms with Gasteiger partial charge in [-0.3, -0.25) is 9.69 Å². The summed E-state index contributed by atoms with van der Waals surface area (Å²) in [4.78, 5) is 21.0. The number of likely N-dealkylation sites (tertiary alicyclic amines) is 1. The molecule has 5 rings (SSSR count). The molecule has 3 heterocycles. The van der Waals surface area contributed by atoms with Crippen molar-refractivity contribution < 1.29 is 0 Å². The van der Waals surface area contributed by atoms with Gasteiger partial charge >= 0.3 is 0 Å². The van der Waals surface area contributed by atoms with E-state index in [1.807, 2.05) is 18.3 Å². The zero-order valence-electron chi connectivity index (χ0n) is 13.9. The van der Waals surface area contributed by atoms with Crippen LogP contribution in [-0.2, 0) is 6.54 Å². The molecule has 2 aromatic carbocycles. The predicted molar refractivity (Wildman–Crippen MR) is 102 cm³/mol. The fourth-order valence-electron chi connectivity index (χ4n) is 3.78. The first-order chi connectivity index (χ1) is 12.3. The molecule has 2 aromatic heterocycles. The molecule has 0 spiro atoms. The van der Waals surface area contributed by atoms with E-state index in [-0.39, 0.29) is 5.56 Å². The molecule has 4 heteroatoms. The summed E-state index contributed by atoms with van der Waals surface area (Å²) >= 11 is 0. The van der Waals surface area contributed by atoms with Crippen LogP contribution in [0.25, 0.3) is 32.8 Å². The second kappa shape index (κ2) is 5.60. The lowest BCUT2D eigenvalue weighted by atomic mass is 9.95. The van der Waals surface area contributed by atoms with Crippen LogP contribution in [0.4, 0.5) is 0 Å². The first-order valence-electron chi connectivity index (χ1n) is 8.73. The number of aromatic amines is 2. The van der Waals surface area contributed by atoms with Crippen LogP contribution < -0.4 is 5.56 Å². The van der Waals surface area contributed by atoms with Crippen LogP contribution in [0, 0.1) is 0 Å².